The number of pyridine rings is 1. The minimum Gasteiger partial charge on any atom is -0.488 e. The largest absolute Gasteiger partial charge is 0.488 e. The van der Waals surface area contributed by atoms with Crippen molar-refractivity contribution in [3.8, 4) is 5.75 Å². The standard InChI is InChI=1S/C21H21BrN2O/c1-16-6-5-9-19(24-16)14-23-13-18-10-11-21(20(22)12-18)25-15-17-7-3-2-4-8-17/h2-12,23H,13-15H2,1H3. The molecule has 0 atom stereocenters. The lowest BCUT2D eigenvalue weighted by molar-refractivity contribution is 0.304. The van der Waals surface area contributed by atoms with E-state index < -0.39 is 0 Å². The van der Waals surface area contributed by atoms with Crippen LogP contribution in [0.15, 0.2) is 71.2 Å². The number of halogens is 1. The lowest BCUT2D eigenvalue weighted by Crippen LogP contribution is -2.13. The average molecular weight is 397 g/mol. The molecule has 25 heavy (non-hydrogen) atoms. The Kier molecular flexibility index (Phi) is 6.20. The van der Waals surface area contributed by atoms with E-state index >= 15 is 0 Å². The Morgan fingerprint density at radius 1 is 0.920 bits per heavy atom. The van der Waals surface area contributed by atoms with Crippen molar-refractivity contribution in [3.05, 3.63) is 93.7 Å². The number of aromatic nitrogens is 1. The van der Waals surface area contributed by atoms with Gasteiger partial charge in [0.2, 0.25) is 0 Å². The third-order valence-corrected chi connectivity index (χ3v) is 4.43. The molecule has 0 amide bonds. The Bertz CT molecular complexity index is 821. The van der Waals surface area contributed by atoms with Crippen molar-refractivity contribution >= 4 is 15.9 Å². The Hall–Kier alpha value is -2.17. The minimum absolute atomic E-state index is 0.566. The van der Waals surface area contributed by atoms with Crippen LogP contribution in [-0.4, -0.2) is 4.98 Å². The molecule has 1 heterocycles. The van der Waals surface area contributed by atoms with E-state index in [1.54, 1.807) is 0 Å². The number of hydrogen-bond donors (Lipinski definition) is 1. The number of nitrogens with one attached hydrogen (secondary N) is 1. The van der Waals surface area contributed by atoms with Crippen LogP contribution < -0.4 is 10.1 Å². The maximum atomic E-state index is 5.89. The number of hydrogen-bond acceptors (Lipinski definition) is 3. The molecular formula is C21H21BrN2O. The van der Waals surface area contributed by atoms with Gasteiger partial charge in [0.15, 0.2) is 0 Å². The third-order valence-electron chi connectivity index (χ3n) is 3.81. The zero-order valence-corrected chi connectivity index (χ0v) is 15.8. The van der Waals surface area contributed by atoms with Crippen LogP contribution in [0.25, 0.3) is 0 Å². The maximum absolute atomic E-state index is 5.89. The van der Waals surface area contributed by atoms with Crippen molar-refractivity contribution in [2.45, 2.75) is 26.6 Å². The van der Waals surface area contributed by atoms with E-state index in [4.69, 9.17) is 4.74 Å². The lowest BCUT2D eigenvalue weighted by Gasteiger charge is -2.11. The second-order valence-corrected chi connectivity index (χ2v) is 6.77. The SMILES string of the molecule is Cc1cccc(CNCc2ccc(OCc3ccccc3)c(Br)c2)n1. The zero-order valence-electron chi connectivity index (χ0n) is 14.2. The fourth-order valence-electron chi connectivity index (χ4n) is 2.54. The molecule has 0 saturated carbocycles. The highest BCUT2D eigenvalue weighted by Gasteiger charge is 2.04. The van der Waals surface area contributed by atoms with Gasteiger partial charge in [0.25, 0.3) is 0 Å². The minimum atomic E-state index is 0.566. The summed E-state index contributed by atoms with van der Waals surface area (Å²) in [6.45, 7) is 4.11. The van der Waals surface area contributed by atoms with Crippen LogP contribution in [-0.2, 0) is 19.7 Å². The highest BCUT2D eigenvalue weighted by Crippen LogP contribution is 2.26. The summed E-state index contributed by atoms with van der Waals surface area (Å²) in [6, 6.07) is 22.4. The first-order chi connectivity index (χ1) is 12.2. The fraction of sp³-hybridized carbons (Fsp3) is 0.190. The summed E-state index contributed by atoms with van der Waals surface area (Å²) in [5, 5.41) is 3.43. The predicted molar refractivity (Wildman–Crippen MR) is 104 cm³/mol. The molecule has 3 rings (SSSR count). The van der Waals surface area contributed by atoms with Crippen molar-refractivity contribution in [3.63, 3.8) is 0 Å². The van der Waals surface area contributed by atoms with Gasteiger partial charge >= 0.3 is 0 Å². The summed E-state index contributed by atoms with van der Waals surface area (Å²) >= 11 is 3.60. The van der Waals surface area contributed by atoms with Gasteiger partial charge in [0.05, 0.1) is 10.2 Å². The van der Waals surface area contributed by atoms with Crippen LogP contribution in [0.4, 0.5) is 0 Å². The summed E-state index contributed by atoms with van der Waals surface area (Å²) in [4.78, 5) is 4.50. The summed E-state index contributed by atoms with van der Waals surface area (Å²) < 4.78 is 6.86. The first-order valence-corrected chi connectivity index (χ1v) is 9.08. The second-order valence-electron chi connectivity index (χ2n) is 5.91. The third kappa shape index (κ3) is 5.41. The molecule has 0 aliphatic carbocycles. The highest BCUT2D eigenvalue weighted by atomic mass is 79.9. The summed E-state index contributed by atoms with van der Waals surface area (Å²) in [5.41, 5.74) is 4.46. The Morgan fingerprint density at radius 3 is 2.52 bits per heavy atom. The topological polar surface area (TPSA) is 34.1 Å². The molecule has 0 fully saturated rings. The Labute approximate surface area is 157 Å². The number of nitrogens with zero attached hydrogens (tertiary/aromatic N) is 1. The van der Waals surface area contributed by atoms with E-state index in [0.717, 1.165) is 40.3 Å². The van der Waals surface area contributed by atoms with Gasteiger partial charge in [-0.3, -0.25) is 4.98 Å². The van der Waals surface area contributed by atoms with Gasteiger partial charge in [-0.2, -0.15) is 0 Å². The predicted octanol–water partition coefficient (Wildman–Crippen LogP) is 5.02. The molecule has 3 aromatic rings. The maximum Gasteiger partial charge on any atom is 0.134 e. The lowest BCUT2D eigenvalue weighted by atomic mass is 10.2. The Morgan fingerprint density at radius 2 is 1.76 bits per heavy atom. The molecule has 0 aliphatic rings. The first kappa shape index (κ1) is 17.6. The second kappa shape index (κ2) is 8.79. The molecule has 128 valence electrons. The molecule has 0 radical (unpaired) electrons. The highest BCUT2D eigenvalue weighted by molar-refractivity contribution is 9.10. The van der Waals surface area contributed by atoms with Crippen LogP contribution in [0.2, 0.25) is 0 Å². The van der Waals surface area contributed by atoms with Crippen molar-refractivity contribution in [1.29, 1.82) is 0 Å². The quantitative estimate of drug-likeness (QED) is 0.608. The van der Waals surface area contributed by atoms with E-state index in [9.17, 15) is 0 Å². The molecular weight excluding hydrogens is 376 g/mol. The van der Waals surface area contributed by atoms with Gasteiger partial charge in [-0.25, -0.2) is 0 Å². The van der Waals surface area contributed by atoms with Crippen molar-refractivity contribution < 1.29 is 4.74 Å². The smallest absolute Gasteiger partial charge is 0.134 e. The summed E-state index contributed by atoms with van der Waals surface area (Å²) in [6.07, 6.45) is 0. The van der Waals surface area contributed by atoms with Gasteiger partial charge in [0, 0.05) is 18.8 Å². The van der Waals surface area contributed by atoms with Crippen LogP contribution in [0.1, 0.15) is 22.5 Å². The first-order valence-electron chi connectivity index (χ1n) is 8.29. The van der Waals surface area contributed by atoms with Crippen LogP contribution in [0.5, 0.6) is 5.75 Å². The Balaban J connectivity index is 1.52. The normalized spacial score (nSPS) is 10.6. The monoisotopic (exact) mass is 396 g/mol. The van der Waals surface area contributed by atoms with Gasteiger partial charge in [-0.15, -0.1) is 0 Å². The van der Waals surface area contributed by atoms with E-state index in [1.807, 2.05) is 49.4 Å². The molecule has 0 bridgehead atoms. The van der Waals surface area contributed by atoms with E-state index in [0.29, 0.717) is 6.61 Å². The molecule has 0 aliphatic heterocycles. The zero-order chi connectivity index (χ0) is 17.5. The van der Waals surface area contributed by atoms with Gasteiger partial charge in [-0.1, -0.05) is 42.5 Å². The number of rotatable bonds is 7. The molecule has 3 nitrogen and oxygen atoms in total. The summed E-state index contributed by atoms with van der Waals surface area (Å²) in [5.74, 6) is 0.855. The van der Waals surface area contributed by atoms with Crippen LogP contribution >= 0.6 is 15.9 Å². The molecule has 0 spiro atoms. The van der Waals surface area contributed by atoms with Crippen LogP contribution in [0.3, 0.4) is 0 Å². The van der Waals surface area contributed by atoms with Gasteiger partial charge in [-0.05, 0) is 58.2 Å². The number of benzene rings is 2. The van der Waals surface area contributed by atoms with Gasteiger partial charge < -0.3 is 10.1 Å². The van der Waals surface area contributed by atoms with Crippen molar-refractivity contribution in [2.24, 2.45) is 0 Å². The van der Waals surface area contributed by atoms with E-state index in [1.165, 1.54) is 5.56 Å². The van der Waals surface area contributed by atoms with E-state index in [2.05, 4.69) is 50.5 Å². The molecule has 0 saturated heterocycles. The fourth-order valence-corrected chi connectivity index (χ4v) is 3.08. The molecule has 1 N–H and O–H groups in total. The molecule has 2 aromatic carbocycles. The number of ether oxygens (including phenoxy) is 1. The average Bonchev–Trinajstić information content (AvgIpc) is 2.62. The summed E-state index contributed by atoms with van der Waals surface area (Å²) in [7, 11) is 0. The van der Waals surface area contributed by atoms with Crippen molar-refractivity contribution in [2.75, 3.05) is 0 Å². The van der Waals surface area contributed by atoms with Gasteiger partial charge in [0.1, 0.15) is 12.4 Å². The molecule has 4 heteroatoms. The molecule has 1 aromatic heterocycles. The number of aryl methyl sites for hydroxylation is 1. The van der Waals surface area contributed by atoms with Crippen LogP contribution in [0, 0.1) is 6.92 Å². The van der Waals surface area contributed by atoms with Crippen molar-refractivity contribution in [1.82, 2.24) is 10.3 Å². The molecule has 0 unspecified atom stereocenters. The van der Waals surface area contributed by atoms with E-state index in [-0.39, 0.29) is 0 Å².